The molecule has 5 rings (SSSR count). The molecule has 0 bridgehead atoms. The normalized spacial score (nSPS) is 14.6. The fourth-order valence-corrected chi connectivity index (χ4v) is 4.77. The SMILES string of the molecule is CC(C)(C)NC(=O)[C@H](c1ccccc1)N1C(=O)/C(=C(/C#Cc2ccccc2)c2ccccc2)c2ccccc21. The van der Waals surface area contributed by atoms with E-state index < -0.39 is 11.6 Å². The van der Waals surface area contributed by atoms with E-state index in [0.717, 1.165) is 22.3 Å². The Bertz CT molecular complexity index is 1590. The molecule has 1 N–H and O–H groups in total. The molecule has 1 heterocycles. The Labute approximate surface area is 230 Å². The highest BCUT2D eigenvalue weighted by Crippen LogP contribution is 2.44. The summed E-state index contributed by atoms with van der Waals surface area (Å²) in [4.78, 5) is 29.9. The summed E-state index contributed by atoms with van der Waals surface area (Å²) in [7, 11) is 0. The Morgan fingerprint density at radius 2 is 1.33 bits per heavy atom. The zero-order chi connectivity index (χ0) is 27.4. The van der Waals surface area contributed by atoms with Gasteiger partial charge in [0.05, 0.1) is 11.3 Å². The number of amides is 2. The van der Waals surface area contributed by atoms with Gasteiger partial charge in [0, 0.05) is 22.2 Å². The van der Waals surface area contributed by atoms with Gasteiger partial charge in [-0.3, -0.25) is 14.5 Å². The monoisotopic (exact) mass is 510 g/mol. The number of carbonyl (C=O) groups is 2. The summed E-state index contributed by atoms with van der Waals surface area (Å²) >= 11 is 0. The van der Waals surface area contributed by atoms with Crippen molar-refractivity contribution in [2.75, 3.05) is 4.90 Å². The number of para-hydroxylation sites is 1. The van der Waals surface area contributed by atoms with Gasteiger partial charge in [-0.05, 0) is 50.1 Å². The molecule has 4 aromatic carbocycles. The molecule has 4 nitrogen and oxygen atoms in total. The molecule has 192 valence electrons. The van der Waals surface area contributed by atoms with Crippen LogP contribution in [0.3, 0.4) is 0 Å². The largest absolute Gasteiger partial charge is 0.349 e. The quantitative estimate of drug-likeness (QED) is 0.247. The second-order valence-electron chi connectivity index (χ2n) is 10.5. The molecular weight excluding hydrogens is 480 g/mol. The van der Waals surface area contributed by atoms with Crippen molar-refractivity contribution < 1.29 is 9.59 Å². The van der Waals surface area contributed by atoms with E-state index in [1.54, 1.807) is 4.90 Å². The van der Waals surface area contributed by atoms with Crippen LogP contribution in [0.25, 0.3) is 11.1 Å². The summed E-state index contributed by atoms with van der Waals surface area (Å²) < 4.78 is 0. The third-order valence-corrected chi connectivity index (χ3v) is 6.40. The van der Waals surface area contributed by atoms with Crippen molar-refractivity contribution in [3.8, 4) is 11.8 Å². The number of rotatable bonds is 4. The third kappa shape index (κ3) is 5.54. The van der Waals surface area contributed by atoms with Crippen LogP contribution >= 0.6 is 0 Å². The standard InChI is InChI=1S/C35H30N2O2/c1-35(2,3)36-33(38)32(27-19-11-6-12-20-27)37-30-22-14-13-21-29(30)31(34(37)39)28(26-17-9-5-10-18-26)24-23-25-15-7-4-8-16-25/h4-22,32H,1-3H3,(H,36,38)/b31-28-/t32-/m0/s1. The highest BCUT2D eigenvalue weighted by atomic mass is 16.2. The number of nitrogens with zero attached hydrogens (tertiary/aromatic N) is 1. The zero-order valence-corrected chi connectivity index (χ0v) is 22.3. The molecule has 4 aromatic rings. The van der Waals surface area contributed by atoms with E-state index in [4.69, 9.17) is 0 Å². The van der Waals surface area contributed by atoms with Gasteiger partial charge in [0.25, 0.3) is 5.91 Å². The zero-order valence-electron chi connectivity index (χ0n) is 22.3. The van der Waals surface area contributed by atoms with Crippen LogP contribution in [0.5, 0.6) is 0 Å². The lowest BCUT2D eigenvalue weighted by atomic mass is 9.95. The number of anilines is 1. The van der Waals surface area contributed by atoms with E-state index >= 15 is 0 Å². The van der Waals surface area contributed by atoms with Crippen LogP contribution in [0.15, 0.2) is 115 Å². The van der Waals surface area contributed by atoms with E-state index in [9.17, 15) is 9.59 Å². The van der Waals surface area contributed by atoms with Crippen molar-refractivity contribution in [2.45, 2.75) is 32.4 Å². The van der Waals surface area contributed by atoms with Gasteiger partial charge in [0.1, 0.15) is 6.04 Å². The van der Waals surface area contributed by atoms with Crippen LogP contribution in [-0.2, 0) is 9.59 Å². The lowest BCUT2D eigenvalue weighted by molar-refractivity contribution is -0.126. The summed E-state index contributed by atoms with van der Waals surface area (Å²) in [5.74, 6) is 6.06. The molecule has 0 saturated carbocycles. The predicted molar refractivity (Wildman–Crippen MR) is 158 cm³/mol. The van der Waals surface area contributed by atoms with Crippen LogP contribution < -0.4 is 10.2 Å². The highest BCUT2D eigenvalue weighted by molar-refractivity contribution is 6.39. The average molecular weight is 511 g/mol. The second-order valence-corrected chi connectivity index (χ2v) is 10.5. The first-order chi connectivity index (χ1) is 18.8. The van der Waals surface area contributed by atoms with Gasteiger partial charge in [0.15, 0.2) is 0 Å². The van der Waals surface area contributed by atoms with Gasteiger partial charge in [-0.25, -0.2) is 0 Å². The molecule has 1 atom stereocenters. The summed E-state index contributed by atoms with van der Waals surface area (Å²) in [6.45, 7) is 5.81. The Balaban J connectivity index is 1.73. The van der Waals surface area contributed by atoms with Gasteiger partial charge in [-0.2, -0.15) is 0 Å². The first kappa shape index (κ1) is 25.8. The van der Waals surface area contributed by atoms with Crippen molar-refractivity contribution in [2.24, 2.45) is 0 Å². The van der Waals surface area contributed by atoms with E-state index in [0.29, 0.717) is 16.8 Å². The highest BCUT2D eigenvalue weighted by Gasteiger charge is 2.42. The van der Waals surface area contributed by atoms with Crippen molar-refractivity contribution >= 4 is 28.6 Å². The predicted octanol–water partition coefficient (Wildman–Crippen LogP) is 6.65. The number of carbonyl (C=O) groups excluding carboxylic acids is 2. The summed E-state index contributed by atoms with van der Waals surface area (Å²) in [5, 5.41) is 3.09. The topological polar surface area (TPSA) is 49.4 Å². The smallest absolute Gasteiger partial charge is 0.261 e. The maximum Gasteiger partial charge on any atom is 0.261 e. The van der Waals surface area contributed by atoms with Gasteiger partial charge < -0.3 is 5.32 Å². The minimum Gasteiger partial charge on any atom is -0.349 e. The molecular formula is C35H30N2O2. The number of allylic oxidation sites excluding steroid dienone is 1. The van der Waals surface area contributed by atoms with Gasteiger partial charge in [0.2, 0.25) is 5.91 Å². The summed E-state index contributed by atoms with van der Waals surface area (Å²) in [5.41, 5.74) is 4.53. The number of fused-ring (bicyclic) bond motifs is 1. The Hall–Kier alpha value is -4.88. The fourth-order valence-electron chi connectivity index (χ4n) is 4.77. The maximum absolute atomic E-state index is 14.5. The van der Waals surface area contributed by atoms with Gasteiger partial charge >= 0.3 is 0 Å². The maximum atomic E-state index is 14.5. The Morgan fingerprint density at radius 1 is 0.769 bits per heavy atom. The van der Waals surface area contributed by atoms with Crippen LogP contribution in [0.2, 0.25) is 0 Å². The van der Waals surface area contributed by atoms with Crippen molar-refractivity contribution in [3.63, 3.8) is 0 Å². The van der Waals surface area contributed by atoms with Crippen LogP contribution in [-0.4, -0.2) is 17.4 Å². The average Bonchev–Trinajstić information content (AvgIpc) is 3.21. The van der Waals surface area contributed by atoms with Crippen LogP contribution in [0.4, 0.5) is 5.69 Å². The first-order valence-electron chi connectivity index (χ1n) is 13.0. The van der Waals surface area contributed by atoms with Gasteiger partial charge in [-0.1, -0.05) is 109 Å². The van der Waals surface area contributed by atoms with E-state index in [2.05, 4.69) is 17.2 Å². The summed E-state index contributed by atoms with van der Waals surface area (Å²) in [6.07, 6.45) is 0. The minimum atomic E-state index is -0.851. The molecule has 0 spiro atoms. The van der Waals surface area contributed by atoms with Crippen molar-refractivity contribution in [3.05, 3.63) is 138 Å². The minimum absolute atomic E-state index is 0.241. The molecule has 2 amide bonds. The van der Waals surface area contributed by atoms with Gasteiger partial charge in [-0.15, -0.1) is 0 Å². The first-order valence-corrected chi connectivity index (χ1v) is 13.0. The summed E-state index contributed by atoms with van der Waals surface area (Å²) in [6, 6.07) is 35.7. The van der Waals surface area contributed by atoms with Crippen LogP contribution in [0, 0.1) is 11.8 Å². The second kappa shape index (κ2) is 10.8. The van der Waals surface area contributed by atoms with E-state index in [1.807, 2.05) is 136 Å². The van der Waals surface area contributed by atoms with Crippen molar-refractivity contribution in [1.29, 1.82) is 0 Å². The molecule has 0 fully saturated rings. The molecule has 1 aliphatic heterocycles. The van der Waals surface area contributed by atoms with Crippen molar-refractivity contribution in [1.82, 2.24) is 5.32 Å². The van der Waals surface area contributed by atoms with Crippen LogP contribution in [0.1, 0.15) is 49.1 Å². The molecule has 0 aliphatic carbocycles. The van der Waals surface area contributed by atoms with E-state index in [1.165, 1.54) is 0 Å². The molecule has 4 heteroatoms. The molecule has 0 unspecified atom stereocenters. The lowest BCUT2D eigenvalue weighted by Gasteiger charge is -2.31. The number of benzene rings is 4. The molecule has 39 heavy (non-hydrogen) atoms. The fraction of sp³-hybridized carbons (Fsp3) is 0.143. The number of hydrogen-bond acceptors (Lipinski definition) is 2. The molecule has 0 radical (unpaired) electrons. The molecule has 0 aromatic heterocycles. The molecule has 1 aliphatic rings. The molecule has 0 saturated heterocycles. The lowest BCUT2D eigenvalue weighted by Crippen LogP contribution is -2.48. The number of hydrogen-bond donors (Lipinski definition) is 1. The third-order valence-electron chi connectivity index (χ3n) is 6.40. The Morgan fingerprint density at radius 3 is 1.97 bits per heavy atom. The Kier molecular flexibility index (Phi) is 7.17. The van der Waals surface area contributed by atoms with E-state index in [-0.39, 0.29) is 11.8 Å². The number of nitrogens with one attached hydrogen (secondary N) is 1.